The summed E-state index contributed by atoms with van der Waals surface area (Å²) in [4.78, 5) is 0. The molecule has 0 spiro atoms. The number of nitrogens with two attached hydrogens (primary N) is 1. The van der Waals surface area contributed by atoms with Crippen molar-refractivity contribution < 1.29 is 4.74 Å². The van der Waals surface area contributed by atoms with E-state index in [1.165, 1.54) is 0 Å². The van der Waals surface area contributed by atoms with E-state index in [9.17, 15) is 0 Å². The molecule has 0 atom stereocenters. The minimum atomic E-state index is 0.698. The van der Waals surface area contributed by atoms with Crippen LogP contribution in [0.15, 0.2) is 42.5 Å². The van der Waals surface area contributed by atoms with Crippen molar-refractivity contribution in [1.29, 1.82) is 0 Å². The van der Waals surface area contributed by atoms with E-state index in [2.05, 4.69) is 0 Å². The van der Waals surface area contributed by atoms with Crippen LogP contribution in [0.25, 0.3) is 0 Å². The normalized spacial score (nSPS) is 10.2. The molecule has 2 aromatic carbocycles. The number of hydrogen-bond acceptors (Lipinski definition) is 2. The van der Waals surface area contributed by atoms with Gasteiger partial charge in [-0.3, -0.25) is 0 Å². The molecule has 0 aliphatic carbocycles. The van der Waals surface area contributed by atoms with Crippen molar-refractivity contribution >= 4 is 17.3 Å². The molecule has 0 amide bonds. The fourth-order valence-corrected chi connectivity index (χ4v) is 1.98. The molecule has 2 N–H and O–H groups in total. The standard InChI is InChI=1S/C14H14ClNO/c1-17-14-5-3-2-4-10(14)8-11-9-12(15)6-7-13(11)16/h2-7,9H,8,16H2,1H3. The van der Waals surface area contributed by atoms with Gasteiger partial charge in [-0.1, -0.05) is 29.8 Å². The van der Waals surface area contributed by atoms with Gasteiger partial charge in [-0.05, 0) is 35.4 Å². The number of ether oxygens (including phenoxy) is 1. The second-order valence-electron chi connectivity index (χ2n) is 3.83. The van der Waals surface area contributed by atoms with E-state index in [0.717, 1.165) is 29.0 Å². The summed E-state index contributed by atoms with van der Waals surface area (Å²) in [7, 11) is 1.67. The Morgan fingerprint density at radius 2 is 1.88 bits per heavy atom. The van der Waals surface area contributed by atoms with Crippen LogP contribution < -0.4 is 10.5 Å². The molecular weight excluding hydrogens is 234 g/mol. The fraction of sp³-hybridized carbons (Fsp3) is 0.143. The summed E-state index contributed by atoms with van der Waals surface area (Å²) in [6.45, 7) is 0. The second-order valence-corrected chi connectivity index (χ2v) is 4.27. The number of rotatable bonds is 3. The summed E-state index contributed by atoms with van der Waals surface area (Å²) >= 11 is 5.97. The third-order valence-corrected chi connectivity index (χ3v) is 2.91. The number of para-hydroxylation sites is 1. The summed E-state index contributed by atoms with van der Waals surface area (Å²) in [6, 6.07) is 13.4. The monoisotopic (exact) mass is 247 g/mol. The van der Waals surface area contributed by atoms with Gasteiger partial charge in [-0.25, -0.2) is 0 Å². The van der Waals surface area contributed by atoms with E-state index in [1.807, 2.05) is 36.4 Å². The summed E-state index contributed by atoms with van der Waals surface area (Å²) in [5.74, 6) is 0.867. The first-order valence-corrected chi connectivity index (χ1v) is 5.74. The van der Waals surface area contributed by atoms with Gasteiger partial charge < -0.3 is 10.5 Å². The molecular formula is C14H14ClNO. The molecule has 0 saturated heterocycles. The molecule has 0 unspecified atom stereocenters. The maximum atomic E-state index is 5.97. The highest BCUT2D eigenvalue weighted by Gasteiger charge is 2.06. The average Bonchev–Trinajstić information content (AvgIpc) is 2.34. The Balaban J connectivity index is 2.34. The van der Waals surface area contributed by atoms with Gasteiger partial charge in [0.25, 0.3) is 0 Å². The molecule has 0 aliphatic rings. The molecule has 0 bridgehead atoms. The molecule has 17 heavy (non-hydrogen) atoms. The number of methoxy groups -OCH3 is 1. The summed E-state index contributed by atoms with van der Waals surface area (Å²) < 4.78 is 5.31. The molecule has 2 aromatic rings. The minimum Gasteiger partial charge on any atom is -0.496 e. The minimum absolute atomic E-state index is 0.698. The van der Waals surface area contributed by atoms with Gasteiger partial charge in [-0.2, -0.15) is 0 Å². The number of anilines is 1. The molecule has 0 aromatic heterocycles. The van der Waals surface area contributed by atoms with Crippen LogP contribution >= 0.6 is 11.6 Å². The number of benzene rings is 2. The third-order valence-electron chi connectivity index (χ3n) is 2.68. The van der Waals surface area contributed by atoms with Crippen LogP contribution in [-0.2, 0) is 6.42 Å². The van der Waals surface area contributed by atoms with Crippen LogP contribution in [0.1, 0.15) is 11.1 Å². The predicted molar refractivity (Wildman–Crippen MR) is 71.7 cm³/mol. The van der Waals surface area contributed by atoms with Gasteiger partial charge in [0.2, 0.25) is 0 Å². The second kappa shape index (κ2) is 5.11. The van der Waals surface area contributed by atoms with Crippen LogP contribution in [0, 0.1) is 0 Å². The van der Waals surface area contributed by atoms with Gasteiger partial charge >= 0.3 is 0 Å². The average molecular weight is 248 g/mol. The number of nitrogen functional groups attached to an aromatic ring is 1. The van der Waals surface area contributed by atoms with Crippen LogP contribution in [0.4, 0.5) is 5.69 Å². The lowest BCUT2D eigenvalue weighted by Gasteiger charge is -2.10. The Bertz CT molecular complexity index is 525. The third kappa shape index (κ3) is 2.71. The lowest BCUT2D eigenvalue weighted by Crippen LogP contribution is -1.97. The van der Waals surface area contributed by atoms with Crippen LogP contribution in [0.3, 0.4) is 0 Å². The fourth-order valence-electron chi connectivity index (χ4n) is 1.78. The first-order valence-electron chi connectivity index (χ1n) is 5.36. The van der Waals surface area contributed by atoms with E-state index in [1.54, 1.807) is 13.2 Å². The number of halogens is 1. The maximum Gasteiger partial charge on any atom is 0.122 e. The highest BCUT2D eigenvalue weighted by Crippen LogP contribution is 2.25. The molecule has 0 saturated carbocycles. The van der Waals surface area contributed by atoms with Crippen LogP contribution in [0.5, 0.6) is 5.75 Å². The van der Waals surface area contributed by atoms with Crippen molar-refractivity contribution in [2.45, 2.75) is 6.42 Å². The van der Waals surface area contributed by atoms with Gasteiger partial charge in [0, 0.05) is 17.1 Å². The zero-order chi connectivity index (χ0) is 12.3. The largest absolute Gasteiger partial charge is 0.496 e. The highest BCUT2D eigenvalue weighted by atomic mass is 35.5. The lowest BCUT2D eigenvalue weighted by molar-refractivity contribution is 0.410. The zero-order valence-corrected chi connectivity index (χ0v) is 10.4. The molecule has 2 rings (SSSR count). The Hall–Kier alpha value is -1.67. The molecule has 0 aliphatic heterocycles. The van der Waals surface area contributed by atoms with E-state index in [0.29, 0.717) is 5.02 Å². The highest BCUT2D eigenvalue weighted by molar-refractivity contribution is 6.30. The first kappa shape index (κ1) is 11.8. The molecule has 88 valence electrons. The Morgan fingerprint density at radius 3 is 2.65 bits per heavy atom. The SMILES string of the molecule is COc1ccccc1Cc1cc(Cl)ccc1N. The van der Waals surface area contributed by atoms with E-state index >= 15 is 0 Å². The van der Waals surface area contributed by atoms with Gasteiger partial charge in [0.15, 0.2) is 0 Å². The van der Waals surface area contributed by atoms with Crippen molar-refractivity contribution in [3.8, 4) is 5.75 Å². The summed E-state index contributed by atoms with van der Waals surface area (Å²) in [5.41, 5.74) is 8.80. The Kier molecular flexibility index (Phi) is 3.55. The number of hydrogen-bond donors (Lipinski definition) is 1. The summed E-state index contributed by atoms with van der Waals surface area (Å²) in [5, 5.41) is 0.698. The topological polar surface area (TPSA) is 35.2 Å². The molecule has 0 fully saturated rings. The molecule has 0 radical (unpaired) electrons. The van der Waals surface area contributed by atoms with Crippen molar-refractivity contribution in [2.75, 3.05) is 12.8 Å². The van der Waals surface area contributed by atoms with Crippen molar-refractivity contribution in [2.24, 2.45) is 0 Å². The van der Waals surface area contributed by atoms with Crippen LogP contribution in [-0.4, -0.2) is 7.11 Å². The Morgan fingerprint density at radius 1 is 1.12 bits per heavy atom. The molecule has 3 heteroatoms. The zero-order valence-electron chi connectivity index (χ0n) is 9.61. The van der Waals surface area contributed by atoms with Crippen molar-refractivity contribution in [1.82, 2.24) is 0 Å². The first-order chi connectivity index (χ1) is 8.20. The maximum absolute atomic E-state index is 5.97. The van der Waals surface area contributed by atoms with Crippen LogP contribution in [0.2, 0.25) is 5.02 Å². The van der Waals surface area contributed by atoms with Crippen molar-refractivity contribution in [3.05, 3.63) is 58.6 Å². The van der Waals surface area contributed by atoms with E-state index < -0.39 is 0 Å². The smallest absolute Gasteiger partial charge is 0.122 e. The van der Waals surface area contributed by atoms with Gasteiger partial charge in [-0.15, -0.1) is 0 Å². The predicted octanol–water partition coefficient (Wildman–Crippen LogP) is 3.52. The molecule has 0 heterocycles. The lowest BCUT2D eigenvalue weighted by atomic mass is 10.0. The van der Waals surface area contributed by atoms with E-state index in [-0.39, 0.29) is 0 Å². The molecule has 2 nitrogen and oxygen atoms in total. The van der Waals surface area contributed by atoms with Gasteiger partial charge in [0.1, 0.15) is 5.75 Å². The van der Waals surface area contributed by atoms with E-state index in [4.69, 9.17) is 22.1 Å². The summed E-state index contributed by atoms with van der Waals surface area (Å²) in [6.07, 6.45) is 0.719. The quantitative estimate of drug-likeness (QED) is 0.843. The van der Waals surface area contributed by atoms with Gasteiger partial charge in [0.05, 0.1) is 7.11 Å². The van der Waals surface area contributed by atoms with Crippen molar-refractivity contribution in [3.63, 3.8) is 0 Å². The Labute approximate surface area is 106 Å².